The van der Waals surface area contributed by atoms with Gasteiger partial charge in [0, 0.05) is 19.0 Å². The summed E-state index contributed by atoms with van der Waals surface area (Å²) in [7, 11) is 0. The quantitative estimate of drug-likeness (QED) is 0.859. The smallest absolute Gasteiger partial charge is 0.230 e. The SMILES string of the molecule is CC(O)C1CCN(C(=O)C2Cc3ccccc32)C1. The summed E-state index contributed by atoms with van der Waals surface area (Å²) in [5, 5.41) is 9.58. The first-order valence-corrected chi connectivity index (χ1v) is 6.71. The molecule has 0 spiro atoms. The van der Waals surface area contributed by atoms with E-state index in [2.05, 4.69) is 12.1 Å². The summed E-state index contributed by atoms with van der Waals surface area (Å²) < 4.78 is 0. The van der Waals surface area contributed by atoms with Gasteiger partial charge in [-0.15, -0.1) is 0 Å². The lowest BCUT2D eigenvalue weighted by molar-refractivity contribution is -0.132. The Bertz CT molecular complexity index is 469. The van der Waals surface area contributed by atoms with E-state index in [4.69, 9.17) is 0 Å². The van der Waals surface area contributed by atoms with Crippen molar-refractivity contribution in [2.75, 3.05) is 13.1 Å². The van der Waals surface area contributed by atoms with Gasteiger partial charge in [0.25, 0.3) is 0 Å². The molecular weight excluding hydrogens is 226 g/mol. The van der Waals surface area contributed by atoms with Crippen molar-refractivity contribution >= 4 is 5.91 Å². The number of carbonyl (C=O) groups is 1. The highest BCUT2D eigenvalue weighted by Gasteiger charge is 2.37. The molecule has 1 fully saturated rings. The van der Waals surface area contributed by atoms with E-state index in [1.54, 1.807) is 0 Å². The van der Waals surface area contributed by atoms with Gasteiger partial charge in [-0.25, -0.2) is 0 Å². The lowest BCUT2D eigenvalue weighted by Gasteiger charge is -2.32. The summed E-state index contributed by atoms with van der Waals surface area (Å²) in [5.74, 6) is 0.565. The molecule has 3 atom stereocenters. The molecule has 0 aromatic heterocycles. The molecule has 1 aromatic rings. The number of likely N-dealkylation sites (tertiary alicyclic amines) is 1. The highest BCUT2D eigenvalue weighted by molar-refractivity contribution is 5.87. The van der Waals surface area contributed by atoms with Gasteiger partial charge in [0.2, 0.25) is 5.91 Å². The number of fused-ring (bicyclic) bond motifs is 1. The van der Waals surface area contributed by atoms with Crippen LogP contribution in [0, 0.1) is 5.92 Å². The summed E-state index contributed by atoms with van der Waals surface area (Å²) in [4.78, 5) is 14.3. The van der Waals surface area contributed by atoms with Crippen LogP contribution in [0.15, 0.2) is 24.3 Å². The van der Waals surface area contributed by atoms with Crippen LogP contribution >= 0.6 is 0 Å². The number of rotatable bonds is 2. The lowest BCUT2D eigenvalue weighted by atomic mass is 9.77. The molecule has 3 unspecified atom stereocenters. The fourth-order valence-corrected chi connectivity index (χ4v) is 3.08. The number of amides is 1. The van der Waals surface area contributed by atoms with Crippen LogP contribution in [0.4, 0.5) is 0 Å². The largest absolute Gasteiger partial charge is 0.393 e. The van der Waals surface area contributed by atoms with E-state index in [0.29, 0.717) is 0 Å². The van der Waals surface area contributed by atoms with Crippen molar-refractivity contribution in [1.82, 2.24) is 4.90 Å². The maximum atomic E-state index is 12.4. The second-order valence-electron chi connectivity index (χ2n) is 5.53. The van der Waals surface area contributed by atoms with Gasteiger partial charge >= 0.3 is 0 Å². The number of hydrogen-bond acceptors (Lipinski definition) is 2. The van der Waals surface area contributed by atoms with Crippen molar-refractivity contribution < 1.29 is 9.90 Å². The molecule has 2 aliphatic rings. The summed E-state index contributed by atoms with van der Waals surface area (Å²) >= 11 is 0. The van der Waals surface area contributed by atoms with Crippen LogP contribution in [0.5, 0.6) is 0 Å². The van der Waals surface area contributed by atoms with Crippen molar-refractivity contribution in [3.63, 3.8) is 0 Å². The molecule has 1 aliphatic heterocycles. The average molecular weight is 245 g/mol. The van der Waals surface area contributed by atoms with Gasteiger partial charge in [-0.1, -0.05) is 24.3 Å². The van der Waals surface area contributed by atoms with Crippen molar-refractivity contribution in [2.45, 2.75) is 31.8 Å². The van der Waals surface area contributed by atoms with Crippen LogP contribution in [0.25, 0.3) is 0 Å². The molecule has 1 aromatic carbocycles. The third-order valence-electron chi connectivity index (χ3n) is 4.37. The first-order valence-electron chi connectivity index (χ1n) is 6.71. The molecular formula is C15H19NO2. The van der Waals surface area contributed by atoms with Gasteiger partial charge in [-0.3, -0.25) is 4.79 Å². The second-order valence-corrected chi connectivity index (χ2v) is 5.53. The predicted molar refractivity (Wildman–Crippen MR) is 69.3 cm³/mol. The lowest BCUT2D eigenvalue weighted by Crippen LogP contribution is -2.38. The van der Waals surface area contributed by atoms with Crippen LogP contribution in [0.1, 0.15) is 30.4 Å². The Balaban J connectivity index is 1.68. The molecule has 0 radical (unpaired) electrons. The van der Waals surface area contributed by atoms with E-state index in [-0.39, 0.29) is 23.8 Å². The van der Waals surface area contributed by atoms with E-state index < -0.39 is 0 Å². The summed E-state index contributed by atoms with van der Waals surface area (Å²) in [6.45, 7) is 3.33. The number of carbonyl (C=O) groups excluding carboxylic acids is 1. The summed E-state index contributed by atoms with van der Waals surface area (Å²) in [5.41, 5.74) is 2.50. The van der Waals surface area contributed by atoms with Crippen molar-refractivity contribution in [3.05, 3.63) is 35.4 Å². The normalized spacial score (nSPS) is 27.6. The Morgan fingerprint density at radius 1 is 1.44 bits per heavy atom. The van der Waals surface area contributed by atoms with E-state index in [0.717, 1.165) is 25.9 Å². The van der Waals surface area contributed by atoms with Crippen molar-refractivity contribution in [3.8, 4) is 0 Å². The minimum Gasteiger partial charge on any atom is -0.393 e. The van der Waals surface area contributed by atoms with E-state index in [1.165, 1.54) is 11.1 Å². The number of aliphatic hydroxyl groups excluding tert-OH is 1. The topological polar surface area (TPSA) is 40.5 Å². The molecule has 1 saturated heterocycles. The first kappa shape index (κ1) is 11.7. The molecule has 0 bridgehead atoms. The highest BCUT2D eigenvalue weighted by atomic mass is 16.3. The van der Waals surface area contributed by atoms with Crippen LogP contribution in [0.2, 0.25) is 0 Å². The van der Waals surface area contributed by atoms with Crippen LogP contribution in [-0.4, -0.2) is 35.1 Å². The molecule has 1 N–H and O–H groups in total. The molecule has 1 heterocycles. The van der Waals surface area contributed by atoms with Crippen molar-refractivity contribution in [1.29, 1.82) is 0 Å². The average Bonchev–Trinajstić information content (AvgIpc) is 2.80. The first-order chi connectivity index (χ1) is 8.66. The van der Waals surface area contributed by atoms with Gasteiger partial charge in [-0.2, -0.15) is 0 Å². The van der Waals surface area contributed by atoms with Gasteiger partial charge in [0.15, 0.2) is 0 Å². The van der Waals surface area contributed by atoms with Gasteiger partial charge < -0.3 is 10.0 Å². The molecule has 3 heteroatoms. The number of hydrogen-bond donors (Lipinski definition) is 1. The predicted octanol–water partition coefficient (Wildman–Crippen LogP) is 1.56. The zero-order valence-corrected chi connectivity index (χ0v) is 10.7. The maximum absolute atomic E-state index is 12.4. The number of benzene rings is 1. The zero-order valence-electron chi connectivity index (χ0n) is 10.7. The summed E-state index contributed by atoms with van der Waals surface area (Å²) in [6, 6.07) is 8.19. The van der Waals surface area contributed by atoms with E-state index in [1.807, 2.05) is 24.0 Å². The van der Waals surface area contributed by atoms with Gasteiger partial charge in [0.05, 0.1) is 12.0 Å². The van der Waals surface area contributed by atoms with Crippen molar-refractivity contribution in [2.24, 2.45) is 5.92 Å². The van der Waals surface area contributed by atoms with Gasteiger partial charge in [-0.05, 0) is 30.9 Å². The molecule has 96 valence electrons. The van der Waals surface area contributed by atoms with Crippen LogP contribution in [-0.2, 0) is 11.2 Å². The Labute approximate surface area is 107 Å². The fraction of sp³-hybridized carbons (Fsp3) is 0.533. The third-order valence-corrected chi connectivity index (χ3v) is 4.37. The maximum Gasteiger partial charge on any atom is 0.230 e. The Morgan fingerprint density at radius 2 is 2.22 bits per heavy atom. The Hall–Kier alpha value is -1.35. The minimum absolute atomic E-state index is 0.0638. The Morgan fingerprint density at radius 3 is 2.89 bits per heavy atom. The standard InChI is InChI=1S/C15H19NO2/c1-10(17)12-6-7-16(9-12)15(18)14-8-11-4-2-3-5-13(11)14/h2-5,10,12,14,17H,6-9H2,1H3. The minimum atomic E-state index is -0.309. The third kappa shape index (κ3) is 1.83. The van der Waals surface area contributed by atoms with E-state index in [9.17, 15) is 9.90 Å². The molecule has 3 nitrogen and oxygen atoms in total. The fourth-order valence-electron chi connectivity index (χ4n) is 3.08. The zero-order chi connectivity index (χ0) is 12.7. The second kappa shape index (κ2) is 4.39. The highest BCUT2D eigenvalue weighted by Crippen LogP contribution is 2.37. The number of aliphatic hydroxyl groups is 1. The Kier molecular flexibility index (Phi) is 2.86. The summed E-state index contributed by atoms with van der Waals surface area (Å²) in [6.07, 6.45) is 1.50. The van der Waals surface area contributed by atoms with Crippen LogP contribution in [0.3, 0.4) is 0 Å². The molecule has 0 saturated carbocycles. The molecule has 1 amide bonds. The number of nitrogens with zero attached hydrogens (tertiary/aromatic N) is 1. The van der Waals surface area contributed by atoms with E-state index >= 15 is 0 Å². The van der Waals surface area contributed by atoms with Crippen LogP contribution < -0.4 is 0 Å². The monoisotopic (exact) mass is 245 g/mol. The molecule has 1 aliphatic carbocycles. The van der Waals surface area contributed by atoms with Gasteiger partial charge in [0.1, 0.15) is 0 Å². The molecule has 18 heavy (non-hydrogen) atoms. The molecule has 3 rings (SSSR count).